The van der Waals surface area contributed by atoms with Crippen molar-refractivity contribution >= 4 is 135 Å². The summed E-state index contributed by atoms with van der Waals surface area (Å²) in [6, 6.07) is 61.4. The van der Waals surface area contributed by atoms with Crippen molar-refractivity contribution in [3.63, 3.8) is 0 Å². The Morgan fingerprint density at radius 3 is 1.05 bits per heavy atom. The number of aromatic hydroxyl groups is 1. The fourth-order valence-corrected chi connectivity index (χ4v) is 24.8. The lowest BCUT2D eigenvalue weighted by atomic mass is 9.97. The zero-order chi connectivity index (χ0) is 106. The predicted molar refractivity (Wildman–Crippen MR) is 597 cm³/mol. The van der Waals surface area contributed by atoms with Gasteiger partial charge in [0.1, 0.15) is 99.5 Å². The SMILES string of the molecule is COC(=O)CC(CS(=O)(=O)N(COCC[Si](C)(C)C)COCC[Si](C)(C)C)c1ccc(O)cc1.COC(=O)CC(CS(=O)(=O)N(COCC[Si](C)(C)C)COCC[Si](C)(C)C)c1ccc(O[C@@H]2CCc3c(Oc4ccc(C#N)cc4)cccc32)cc1.C[Si](C)(C)CCOCN(COCC[Si](C)(C)C)S(=O)(=O)/C=C/c1ccc(O[C@@H]2CCc3c(Br)cccc32)cc1.O=Cc1ccc(O[C@@H]2CCc3c(Br)cccc32)cc1. The molecule has 0 aromatic heterocycles. The van der Waals surface area contributed by atoms with E-state index in [-0.39, 0.29) is 88.8 Å². The Hall–Kier alpha value is -7.65. The lowest BCUT2D eigenvalue weighted by Gasteiger charge is -2.26. The summed E-state index contributed by atoms with van der Waals surface area (Å²) >= 11 is 7.22. The first-order chi connectivity index (χ1) is 67.7. The number of nitriles is 1. The minimum Gasteiger partial charge on any atom is -0.508 e. The van der Waals surface area contributed by atoms with E-state index >= 15 is 0 Å². The van der Waals surface area contributed by atoms with Gasteiger partial charge in [0.2, 0.25) is 30.1 Å². The molecule has 0 fully saturated rings. The number of aldehydes is 1. The van der Waals surface area contributed by atoms with E-state index in [9.17, 15) is 44.7 Å². The number of rotatable bonds is 54. The third-order valence-electron chi connectivity index (χ3n) is 24.2. The molecule has 8 aromatic carbocycles. The van der Waals surface area contributed by atoms with Gasteiger partial charge in [0.25, 0.3) is 0 Å². The van der Waals surface area contributed by atoms with Crippen molar-refractivity contribution in [2.45, 2.75) is 236 Å². The second-order valence-electron chi connectivity index (χ2n) is 43.8. The first-order valence-corrected chi connectivity index (χ1v) is 77.9. The van der Waals surface area contributed by atoms with Gasteiger partial charge in [0.15, 0.2) is 0 Å². The zero-order valence-corrected chi connectivity index (χ0v) is 99.6. The van der Waals surface area contributed by atoms with Crippen LogP contribution in [0.2, 0.25) is 154 Å². The van der Waals surface area contributed by atoms with Crippen LogP contribution < -0.4 is 18.9 Å². The van der Waals surface area contributed by atoms with Crippen molar-refractivity contribution in [3.8, 4) is 40.6 Å². The molecule has 1 N–H and O–H groups in total. The molecule has 790 valence electrons. The number of nitrogens with zero attached hydrogens (tertiary/aromatic N) is 4. The molecule has 5 atom stereocenters. The number of phenolic OH excluding ortho intramolecular Hbond substituents is 1. The number of fused-ring (bicyclic) bond motifs is 3. The zero-order valence-electron chi connectivity index (χ0n) is 88.0. The second-order valence-corrected chi connectivity index (χ2v) is 85.1. The molecule has 3 aliphatic carbocycles. The number of halogens is 2. The summed E-state index contributed by atoms with van der Waals surface area (Å²) < 4.78 is 157. The van der Waals surface area contributed by atoms with Gasteiger partial charge in [0.05, 0.1) is 50.2 Å². The van der Waals surface area contributed by atoms with Crippen molar-refractivity contribution in [2.24, 2.45) is 0 Å². The smallest absolute Gasteiger partial charge is 0.306 e. The monoisotopic (exact) mass is 2270 g/mol. The van der Waals surface area contributed by atoms with E-state index in [1.165, 1.54) is 66.9 Å². The van der Waals surface area contributed by atoms with Crippen LogP contribution in [0.5, 0.6) is 34.5 Å². The van der Waals surface area contributed by atoms with Crippen LogP contribution in [0.3, 0.4) is 0 Å². The van der Waals surface area contributed by atoms with Gasteiger partial charge in [-0.05, 0) is 229 Å². The molecule has 8 aromatic rings. The highest BCUT2D eigenvalue weighted by atomic mass is 79.9. The molecule has 0 bridgehead atoms. The van der Waals surface area contributed by atoms with Gasteiger partial charge in [-0.15, -0.1) is 4.31 Å². The summed E-state index contributed by atoms with van der Waals surface area (Å²) in [6.07, 6.45) is 7.69. The summed E-state index contributed by atoms with van der Waals surface area (Å²) in [5.41, 5.74) is 10.6. The molecule has 0 amide bonds. The Bertz CT molecular complexity index is 5730. The molecule has 0 saturated carbocycles. The highest BCUT2D eigenvalue weighted by molar-refractivity contribution is 9.10. The third kappa shape index (κ3) is 43.9. The Morgan fingerprint density at radius 2 is 0.715 bits per heavy atom. The topological polar surface area (TPSA) is 318 Å². The molecule has 0 saturated heterocycles. The van der Waals surface area contributed by atoms with Crippen molar-refractivity contribution in [2.75, 3.05) is 106 Å². The fourth-order valence-electron chi connectivity index (χ4n) is 15.2. The number of hydrogen-bond donors (Lipinski definition) is 1. The maximum atomic E-state index is 13.9. The van der Waals surface area contributed by atoms with Crippen LogP contribution in [0.25, 0.3) is 6.08 Å². The van der Waals surface area contributed by atoms with E-state index in [0.29, 0.717) is 73.4 Å². The van der Waals surface area contributed by atoms with Crippen LogP contribution >= 0.6 is 31.9 Å². The number of sulfonamides is 3. The molecule has 26 nitrogen and oxygen atoms in total. The number of hydrogen-bond acceptors (Lipinski definition) is 23. The van der Waals surface area contributed by atoms with Gasteiger partial charge >= 0.3 is 11.9 Å². The number of phenols is 1. The molecule has 11 rings (SSSR count). The van der Waals surface area contributed by atoms with Gasteiger partial charge in [-0.2, -0.15) is 13.9 Å². The summed E-state index contributed by atoms with van der Waals surface area (Å²) in [5.74, 6) is 0.779. The fraction of sp³-hybridized carbons (Fsp3) is 0.495. The third-order valence-corrected chi connectivity index (χ3v) is 41.0. The molecule has 3 aliphatic rings. The summed E-state index contributed by atoms with van der Waals surface area (Å²) in [7, 11) is -16.8. The minimum atomic E-state index is -3.91. The normalized spacial score (nSPS) is 15.4. The molecule has 0 heterocycles. The largest absolute Gasteiger partial charge is 0.508 e. The van der Waals surface area contributed by atoms with E-state index in [4.69, 9.17) is 62.1 Å². The van der Waals surface area contributed by atoms with Crippen molar-refractivity contribution < 1.29 is 102 Å². The van der Waals surface area contributed by atoms with Gasteiger partial charge in [-0.3, -0.25) is 14.4 Å². The first-order valence-electron chi connectivity index (χ1n) is 49.3. The van der Waals surface area contributed by atoms with Crippen molar-refractivity contribution in [3.05, 3.63) is 251 Å². The lowest BCUT2D eigenvalue weighted by Crippen LogP contribution is -2.39. The number of benzene rings is 8. The van der Waals surface area contributed by atoms with Crippen LogP contribution in [0.4, 0.5) is 0 Å². The first kappa shape index (κ1) is 122. The van der Waals surface area contributed by atoms with E-state index in [1.807, 2.05) is 91.0 Å². The summed E-state index contributed by atoms with van der Waals surface area (Å²) in [6.45, 7) is 43.1. The highest BCUT2D eigenvalue weighted by Gasteiger charge is 2.36. The number of carbonyl (C=O) groups is 3. The number of carbonyl (C=O) groups excluding carboxylic acids is 3. The Labute approximate surface area is 880 Å². The number of esters is 2. The minimum absolute atomic E-state index is 0.0180. The van der Waals surface area contributed by atoms with Crippen LogP contribution in [0.15, 0.2) is 190 Å². The number of ether oxygens (including phenoxy) is 12. The van der Waals surface area contributed by atoms with Crippen molar-refractivity contribution in [1.82, 2.24) is 12.9 Å². The Morgan fingerprint density at radius 1 is 0.410 bits per heavy atom. The lowest BCUT2D eigenvalue weighted by molar-refractivity contribution is -0.141. The summed E-state index contributed by atoms with van der Waals surface area (Å²) in [5, 5.41) is 19.9. The predicted octanol–water partition coefficient (Wildman–Crippen LogP) is 24.7. The maximum Gasteiger partial charge on any atom is 0.306 e. The maximum absolute atomic E-state index is 13.9. The quantitative estimate of drug-likeness (QED) is 0.0122. The molecule has 0 radical (unpaired) electrons. The second kappa shape index (κ2) is 57.4. The molecule has 144 heavy (non-hydrogen) atoms. The van der Waals surface area contributed by atoms with Crippen LogP contribution in [-0.2, 0) is 96.8 Å². The standard InChI is InChI=1S/C39H54N2O8SSi2.C29H44BrNO5SSi2.C23H43NO7SSi2.C16H13BrO2/c1-45-39(42)25-32(27-50(43,44)41(28-46-21-23-51(2,3)4)29-47-22-24-52(5,6)7)31-13-17-34(18-14-31)49-38-20-19-36-35(38)9-8-10-37(36)48-33-15-11-30(26-40)12-16-33;1-38(2,3)20-17-34-22-31(23-35-18-21-39(4,5)6)37(32,33)19-16-24-10-12-25(13-11-24)36-29-15-14-26-27(29)8-7-9-28(26)30;1-29-23(26)16-21(20-8-10-22(25)11-9-20)17-32(27,28)24(18-30-12-14-33(2,3)4)19-31-13-15-34(5,6)7;17-15-3-1-2-14-13(15)8-9-16(14)19-12-6-4-11(10-18)5-7-12/h8-18,32,38H,19-25,27-29H2,1-7H3;7-13,16,19,29H,14-15,17-18,20-23H2,1-6H3;8-11,21,25H,12-19H2,1-7H3;1-7,10,16H,8-9H2/b;19-16+;;/t32?,38-;29-;;16-/m11.1/s1. The van der Waals surface area contributed by atoms with E-state index in [1.54, 1.807) is 54.6 Å². The number of methoxy groups -OCH3 is 2. The molecule has 37 heteroatoms. The van der Waals surface area contributed by atoms with Crippen LogP contribution in [-0.4, -0.2) is 216 Å². The Balaban J connectivity index is 0.000000246. The van der Waals surface area contributed by atoms with E-state index in [0.717, 1.165) is 124 Å². The van der Waals surface area contributed by atoms with Crippen molar-refractivity contribution in [1.29, 1.82) is 5.26 Å². The Kier molecular flexibility index (Phi) is 48.4. The summed E-state index contributed by atoms with van der Waals surface area (Å²) in [4.78, 5) is 35.2. The average molecular weight is 2270 g/mol. The van der Waals surface area contributed by atoms with Gasteiger partial charge in [0, 0.05) is 125 Å². The highest BCUT2D eigenvalue weighted by Crippen LogP contribution is 2.44. The van der Waals surface area contributed by atoms with Gasteiger partial charge in [-0.1, -0.05) is 223 Å². The van der Waals surface area contributed by atoms with E-state index < -0.39 is 102 Å². The average Bonchev–Trinajstić information content (AvgIpc) is 1.66. The van der Waals surface area contributed by atoms with E-state index in [2.05, 4.69) is 180 Å². The van der Waals surface area contributed by atoms with Gasteiger partial charge < -0.3 is 61.9 Å². The van der Waals surface area contributed by atoms with Crippen LogP contribution in [0.1, 0.15) is 128 Å². The molecule has 0 spiro atoms. The molecular formula is C107H154Br2N4O22S3Si6. The molecule has 0 aliphatic heterocycles. The van der Waals surface area contributed by atoms with Gasteiger partial charge in [-0.25, -0.2) is 25.3 Å². The van der Waals surface area contributed by atoms with Crippen LogP contribution in [0, 0.1) is 11.3 Å². The molecule has 2 unspecified atom stereocenters. The molecular weight excluding hydrogens is 2120 g/mol.